The van der Waals surface area contributed by atoms with Crippen molar-refractivity contribution in [3.8, 4) is 5.75 Å². The zero-order valence-corrected chi connectivity index (χ0v) is 42.4. The number of hydrogen-bond donors (Lipinski definition) is 3. The van der Waals surface area contributed by atoms with E-state index in [1.54, 1.807) is 34.1 Å². The number of methoxy groups -OCH3 is 4. The molecule has 15 nitrogen and oxygen atoms in total. The van der Waals surface area contributed by atoms with E-state index in [0.717, 1.165) is 11.1 Å². The van der Waals surface area contributed by atoms with E-state index in [2.05, 4.69) is 6.92 Å². The van der Waals surface area contributed by atoms with Crippen molar-refractivity contribution < 1.29 is 67.7 Å². The van der Waals surface area contributed by atoms with Crippen molar-refractivity contribution in [3.05, 3.63) is 52.6 Å². The van der Waals surface area contributed by atoms with Crippen molar-refractivity contribution >= 4 is 23.4 Å². The monoisotopic (exact) mass is 956 g/mol. The molecule has 1 aliphatic carbocycles. The van der Waals surface area contributed by atoms with Crippen LogP contribution >= 0.6 is 0 Å². The number of rotatable bonds is 11. The van der Waals surface area contributed by atoms with E-state index in [4.69, 9.17) is 33.2 Å². The predicted molar refractivity (Wildman–Crippen MR) is 254 cm³/mol. The fraction of sp³-hybridized carbons (Fsp3) is 0.736. The number of nitrogens with zero attached hydrogens (tertiary/aromatic N) is 1. The number of aryl methyl sites for hydroxylation is 1. The molecular weight excluding hydrogens is 875 g/mol. The van der Waals surface area contributed by atoms with Gasteiger partial charge >= 0.3 is 5.97 Å². The summed E-state index contributed by atoms with van der Waals surface area (Å²) in [7, 11) is 6.28. The lowest BCUT2D eigenvalue weighted by molar-refractivity contribution is -0.302. The highest BCUT2D eigenvalue weighted by Gasteiger charge is 2.56. The second-order valence-electron chi connectivity index (χ2n) is 20.3. The molecule has 15 unspecified atom stereocenters. The normalized spacial score (nSPS) is 36.7. The molecule has 1 aromatic rings. The number of piperidine rings is 1. The van der Waals surface area contributed by atoms with Gasteiger partial charge in [0.25, 0.3) is 11.7 Å². The highest BCUT2D eigenvalue weighted by molar-refractivity contribution is 6.39. The lowest BCUT2D eigenvalue weighted by Crippen LogP contribution is -2.64. The van der Waals surface area contributed by atoms with Crippen molar-refractivity contribution in [1.29, 1.82) is 0 Å². The predicted octanol–water partition coefficient (Wildman–Crippen LogP) is 6.55. The minimum absolute atomic E-state index is 0.0194. The Bertz CT molecular complexity index is 1930. The van der Waals surface area contributed by atoms with E-state index in [9.17, 15) is 34.5 Å². The molecule has 3 heterocycles. The van der Waals surface area contributed by atoms with Crippen LogP contribution in [0.25, 0.3) is 0 Å². The highest BCUT2D eigenvalue weighted by Crippen LogP contribution is 2.40. The van der Waals surface area contributed by atoms with Gasteiger partial charge in [0.05, 0.1) is 44.2 Å². The molecule has 15 heteroatoms. The first kappa shape index (κ1) is 55.4. The average Bonchev–Trinajstić information content (AvgIpc) is 3.32. The Morgan fingerprint density at radius 2 is 1.59 bits per heavy atom. The maximum absolute atomic E-state index is 14.6. The lowest BCUT2D eigenvalue weighted by Gasteiger charge is -2.47. The van der Waals surface area contributed by atoms with Gasteiger partial charge in [0.1, 0.15) is 35.9 Å². The quantitative estimate of drug-likeness (QED) is 0.123. The molecular formula is C53H81NO14. The molecule has 3 fully saturated rings. The van der Waals surface area contributed by atoms with Gasteiger partial charge in [-0.25, -0.2) is 4.79 Å². The third kappa shape index (κ3) is 13.4. The SMILES string of the molecule is CCC1/C=C(\C)CC(C)CC(OC)C2OC(O)(C(=O)C(=O)N3CCCCC3C(=O)OC(C(C)=CC3CCC(OCC(O)c4cc(C)cc(OC)c4)C(OC)C3)C(C)C(O)CC1=O)C(C)CC2OC. The summed E-state index contributed by atoms with van der Waals surface area (Å²) in [6.07, 6.45) is 3.10. The van der Waals surface area contributed by atoms with Crippen LogP contribution in [0.2, 0.25) is 0 Å². The number of carbonyl (C=O) groups is 4. The molecule has 15 atom stereocenters. The molecule has 1 amide bonds. The van der Waals surface area contributed by atoms with Gasteiger partial charge in [-0.15, -0.1) is 0 Å². The van der Waals surface area contributed by atoms with Crippen molar-refractivity contribution in [2.75, 3.05) is 41.6 Å². The van der Waals surface area contributed by atoms with Gasteiger partial charge in [0, 0.05) is 52.0 Å². The summed E-state index contributed by atoms with van der Waals surface area (Å²) in [6, 6.07) is 4.43. The number of esters is 1. The van der Waals surface area contributed by atoms with Gasteiger partial charge in [-0.1, -0.05) is 51.5 Å². The molecule has 68 heavy (non-hydrogen) atoms. The molecule has 1 saturated carbocycles. The number of aliphatic hydroxyl groups excluding tert-OH is 2. The van der Waals surface area contributed by atoms with Gasteiger partial charge in [0.2, 0.25) is 5.79 Å². The summed E-state index contributed by atoms with van der Waals surface area (Å²) in [6.45, 7) is 13.3. The molecule has 4 aliphatic rings. The van der Waals surface area contributed by atoms with Crippen LogP contribution in [0.3, 0.4) is 0 Å². The first-order valence-corrected chi connectivity index (χ1v) is 24.8. The number of Topliss-reactive ketones (excluding diaryl/α,β-unsaturated/α-hetero) is 2. The molecule has 5 rings (SSSR count). The van der Waals surface area contributed by atoms with Crippen molar-refractivity contribution in [2.45, 2.75) is 180 Å². The summed E-state index contributed by atoms with van der Waals surface area (Å²) in [5.41, 5.74) is 3.30. The van der Waals surface area contributed by atoms with Crippen LogP contribution in [-0.4, -0.2) is 140 Å². The Labute approximate surface area is 404 Å². The topological polar surface area (TPSA) is 197 Å². The minimum Gasteiger partial charge on any atom is -0.497 e. The fourth-order valence-electron chi connectivity index (χ4n) is 11.0. The summed E-state index contributed by atoms with van der Waals surface area (Å²) in [5, 5.41) is 35.0. The Hall–Kier alpha value is -3.54. The number of ketones is 2. The Morgan fingerprint density at radius 3 is 2.25 bits per heavy atom. The molecule has 1 aromatic carbocycles. The summed E-state index contributed by atoms with van der Waals surface area (Å²) >= 11 is 0. The number of carbonyl (C=O) groups excluding carboxylic acids is 4. The largest absolute Gasteiger partial charge is 0.497 e. The highest BCUT2D eigenvalue weighted by atomic mass is 16.7. The molecule has 2 bridgehead atoms. The number of fused-ring (bicyclic) bond motifs is 3. The Kier molecular flexibility index (Phi) is 20.4. The summed E-state index contributed by atoms with van der Waals surface area (Å²) in [4.78, 5) is 58.5. The molecule has 0 radical (unpaired) electrons. The molecule has 382 valence electrons. The number of hydrogen-bond acceptors (Lipinski definition) is 14. The maximum atomic E-state index is 14.6. The zero-order chi connectivity index (χ0) is 50.0. The van der Waals surface area contributed by atoms with Gasteiger partial charge < -0.3 is 53.4 Å². The fourth-order valence-corrected chi connectivity index (χ4v) is 11.0. The van der Waals surface area contributed by atoms with Crippen LogP contribution in [-0.2, 0) is 47.6 Å². The molecule has 3 N–H and O–H groups in total. The Morgan fingerprint density at radius 1 is 0.897 bits per heavy atom. The molecule has 2 saturated heterocycles. The van der Waals surface area contributed by atoms with Crippen LogP contribution in [0.1, 0.15) is 129 Å². The molecule has 0 spiro atoms. The van der Waals surface area contributed by atoms with Crippen molar-refractivity contribution in [3.63, 3.8) is 0 Å². The zero-order valence-electron chi connectivity index (χ0n) is 42.4. The number of cyclic esters (lactones) is 1. The smallest absolute Gasteiger partial charge is 0.329 e. The number of allylic oxidation sites excluding steroid dienone is 3. The van der Waals surface area contributed by atoms with Gasteiger partial charge in [-0.3, -0.25) is 14.4 Å². The van der Waals surface area contributed by atoms with Crippen LogP contribution < -0.4 is 4.74 Å². The van der Waals surface area contributed by atoms with Gasteiger partial charge in [-0.05, 0) is 126 Å². The van der Waals surface area contributed by atoms with Gasteiger partial charge in [-0.2, -0.15) is 0 Å². The van der Waals surface area contributed by atoms with E-state index in [1.807, 2.05) is 52.0 Å². The molecule has 3 aliphatic heterocycles. The Balaban J connectivity index is 1.44. The van der Waals surface area contributed by atoms with E-state index in [0.29, 0.717) is 68.3 Å². The van der Waals surface area contributed by atoms with Gasteiger partial charge in [0.15, 0.2) is 0 Å². The first-order chi connectivity index (χ1) is 32.3. The standard InChI is InChI=1S/C53H81NO14/c1-12-37-20-30(2)19-31(3)23-46(64-10)49-47(65-11)25-34(6)53(61,68-49)50(58)51(59)54-18-14-13-15-40(54)52(60)67-48(35(7)41(55)28-42(37)56)33(5)24-36-16-17-44(45(26-36)63-9)66-29-43(57)38-21-32(4)22-39(27-38)62-8/h20-22,24,27,31,34-37,40-41,43-49,55,57,61H,12-19,23,25-26,28-29H2,1-11H3/b30-20+,33-24?. The minimum atomic E-state index is -2.52. The van der Waals surface area contributed by atoms with Crippen LogP contribution in [0.4, 0.5) is 0 Å². The first-order valence-electron chi connectivity index (χ1n) is 24.8. The van der Waals surface area contributed by atoms with Crippen molar-refractivity contribution in [2.24, 2.45) is 29.6 Å². The van der Waals surface area contributed by atoms with E-state index in [1.165, 1.54) is 19.1 Å². The van der Waals surface area contributed by atoms with Crippen LogP contribution in [0, 0.1) is 36.5 Å². The number of benzene rings is 1. The van der Waals surface area contributed by atoms with Crippen LogP contribution in [0.5, 0.6) is 5.75 Å². The van der Waals surface area contributed by atoms with E-state index < -0.39 is 83.9 Å². The second kappa shape index (κ2) is 25.0. The number of aliphatic hydroxyl groups is 3. The van der Waals surface area contributed by atoms with E-state index >= 15 is 0 Å². The maximum Gasteiger partial charge on any atom is 0.329 e. The third-order valence-corrected chi connectivity index (χ3v) is 15.0. The second-order valence-corrected chi connectivity index (χ2v) is 20.3. The number of ether oxygens (including phenoxy) is 7. The lowest BCUT2D eigenvalue weighted by atomic mass is 9.81. The summed E-state index contributed by atoms with van der Waals surface area (Å²) in [5.74, 6) is -7.04. The average molecular weight is 956 g/mol. The number of amides is 1. The van der Waals surface area contributed by atoms with E-state index in [-0.39, 0.29) is 62.2 Å². The van der Waals surface area contributed by atoms with Crippen LogP contribution in [0.15, 0.2) is 41.5 Å². The summed E-state index contributed by atoms with van der Waals surface area (Å²) < 4.78 is 42.0. The third-order valence-electron chi connectivity index (χ3n) is 15.0. The van der Waals surface area contributed by atoms with Crippen molar-refractivity contribution in [1.82, 2.24) is 4.90 Å². The molecule has 0 aromatic heterocycles.